The lowest BCUT2D eigenvalue weighted by atomic mass is 10.1. The van der Waals surface area contributed by atoms with Crippen LogP contribution in [0.1, 0.15) is 28.0 Å². The van der Waals surface area contributed by atoms with Crippen LogP contribution in [0.4, 0.5) is 0 Å². The number of carbonyl (C=O) groups excluding carboxylic acids is 2. The van der Waals surface area contributed by atoms with Crippen molar-refractivity contribution in [3.8, 4) is 0 Å². The number of hydrogen-bond donors (Lipinski definition) is 0. The van der Waals surface area contributed by atoms with Gasteiger partial charge in [-0.2, -0.15) is 0 Å². The number of fused-ring (bicyclic) bond motifs is 1. The van der Waals surface area contributed by atoms with Crippen molar-refractivity contribution in [1.29, 1.82) is 0 Å². The first-order valence-electron chi connectivity index (χ1n) is 6.93. The van der Waals surface area contributed by atoms with E-state index < -0.39 is 0 Å². The van der Waals surface area contributed by atoms with Gasteiger partial charge in [-0.15, -0.1) is 0 Å². The third-order valence-electron chi connectivity index (χ3n) is 3.53. The van der Waals surface area contributed by atoms with Crippen LogP contribution in [-0.4, -0.2) is 16.3 Å². The molecule has 0 amide bonds. The van der Waals surface area contributed by atoms with Crippen LogP contribution in [0.2, 0.25) is 0 Å². The van der Waals surface area contributed by atoms with Crippen LogP contribution >= 0.6 is 0 Å². The highest BCUT2D eigenvalue weighted by atomic mass is 16.2. The molecule has 0 aliphatic heterocycles. The van der Waals surface area contributed by atoms with Crippen molar-refractivity contribution in [3.63, 3.8) is 0 Å². The van der Waals surface area contributed by atoms with Crippen LogP contribution in [0, 0.1) is 0 Å². The van der Waals surface area contributed by atoms with Crippen molar-refractivity contribution < 1.29 is 9.59 Å². The summed E-state index contributed by atoms with van der Waals surface area (Å²) in [4.78, 5) is 24.3. The third kappa shape index (κ3) is 2.77. The number of rotatable bonds is 4. The Balaban J connectivity index is 1.71. The van der Waals surface area contributed by atoms with Gasteiger partial charge in [0.05, 0.1) is 5.52 Å². The second-order valence-corrected chi connectivity index (χ2v) is 4.93. The summed E-state index contributed by atoms with van der Waals surface area (Å²) in [5.41, 5.74) is 1.54. The van der Waals surface area contributed by atoms with Gasteiger partial charge >= 0.3 is 0 Å². The molecule has 0 unspecified atom stereocenters. The molecule has 0 bridgehead atoms. The normalized spacial score (nSPS) is 10.7. The van der Waals surface area contributed by atoms with Crippen LogP contribution in [0.5, 0.6) is 0 Å². The van der Waals surface area contributed by atoms with E-state index in [0.29, 0.717) is 5.56 Å². The van der Waals surface area contributed by atoms with Crippen molar-refractivity contribution in [3.05, 3.63) is 72.4 Å². The first-order chi connectivity index (χ1) is 10.3. The molecular formula is C18H15NO2. The number of ketones is 1. The maximum atomic E-state index is 12.3. The summed E-state index contributed by atoms with van der Waals surface area (Å²) < 4.78 is 1.62. The fourth-order valence-corrected chi connectivity index (χ4v) is 2.41. The Morgan fingerprint density at radius 2 is 1.52 bits per heavy atom. The summed E-state index contributed by atoms with van der Waals surface area (Å²) in [5.74, 6) is -0.0547. The average molecular weight is 277 g/mol. The third-order valence-corrected chi connectivity index (χ3v) is 3.53. The lowest BCUT2D eigenvalue weighted by Crippen LogP contribution is -2.11. The van der Waals surface area contributed by atoms with E-state index in [1.165, 1.54) is 0 Å². The summed E-state index contributed by atoms with van der Waals surface area (Å²) in [7, 11) is 0. The zero-order valence-electron chi connectivity index (χ0n) is 11.5. The van der Waals surface area contributed by atoms with Gasteiger partial charge in [0.15, 0.2) is 5.78 Å². The largest absolute Gasteiger partial charge is 0.294 e. The van der Waals surface area contributed by atoms with Crippen molar-refractivity contribution in [2.45, 2.75) is 12.8 Å². The van der Waals surface area contributed by atoms with Crippen molar-refractivity contribution >= 4 is 22.6 Å². The number of benzene rings is 2. The van der Waals surface area contributed by atoms with Gasteiger partial charge in [-0.05, 0) is 12.1 Å². The summed E-state index contributed by atoms with van der Waals surface area (Å²) >= 11 is 0. The standard InChI is InChI=1S/C18H15NO2/c20-17(15-7-2-1-3-8-15)10-11-18(21)19-13-12-14-6-4-5-9-16(14)19/h1-9,12-13H,10-11H2. The molecule has 0 spiro atoms. The highest BCUT2D eigenvalue weighted by molar-refractivity contribution is 5.99. The molecule has 1 heterocycles. The molecule has 3 rings (SSSR count). The summed E-state index contributed by atoms with van der Waals surface area (Å²) in [6.07, 6.45) is 2.21. The van der Waals surface area contributed by atoms with E-state index >= 15 is 0 Å². The molecule has 0 radical (unpaired) electrons. The number of nitrogens with zero attached hydrogens (tertiary/aromatic N) is 1. The van der Waals surface area contributed by atoms with E-state index in [0.717, 1.165) is 10.9 Å². The van der Waals surface area contributed by atoms with E-state index in [9.17, 15) is 9.59 Å². The summed E-state index contributed by atoms with van der Waals surface area (Å²) in [6.45, 7) is 0. The fraction of sp³-hybridized carbons (Fsp3) is 0.111. The maximum absolute atomic E-state index is 12.3. The van der Waals surface area contributed by atoms with Gasteiger partial charge in [-0.3, -0.25) is 14.2 Å². The smallest absolute Gasteiger partial charge is 0.231 e. The molecule has 2 aromatic carbocycles. The Kier molecular flexibility index (Phi) is 3.65. The number of para-hydroxylation sites is 1. The lowest BCUT2D eigenvalue weighted by molar-refractivity contribution is 0.0868. The van der Waals surface area contributed by atoms with Crippen molar-refractivity contribution in [2.75, 3.05) is 0 Å². The van der Waals surface area contributed by atoms with E-state index in [1.807, 2.05) is 48.5 Å². The topological polar surface area (TPSA) is 39.1 Å². The van der Waals surface area contributed by atoms with E-state index in [-0.39, 0.29) is 24.5 Å². The average Bonchev–Trinajstić information content (AvgIpc) is 2.97. The second-order valence-electron chi connectivity index (χ2n) is 4.93. The molecule has 3 heteroatoms. The zero-order valence-corrected chi connectivity index (χ0v) is 11.5. The van der Waals surface area contributed by atoms with Crippen molar-refractivity contribution in [2.24, 2.45) is 0 Å². The van der Waals surface area contributed by atoms with Gasteiger partial charge in [-0.1, -0.05) is 48.5 Å². The van der Waals surface area contributed by atoms with Crippen LogP contribution in [0.15, 0.2) is 66.9 Å². The first kappa shape index (κ1) is 13.3. The highest BCUT2D eigenvalue weighted by Crippen LogP contribution is 2.16. The van der Waals surface area contributed by atoms with Gasteiger partial charge in [-0.25, -0.2) is 0 Å². The Morgan fingerprint density at radius 3 is 2.33 bits per heavy atom. The lowest BCUT2D eigenvalue weighted by Gasteiger charge is -2.04. The SMILES string of the molecule is O=C(CCC(=O)n1ccc2ccccc21)c1ccccc1. The minimum Gasteiger partial charge on any atom is -0.294 e. The molecule has 3 nitrogen and oxygen atoms in total. The Hall–Kier alpha value is -2.68. The molecule has 0 aliphatic carbocycles. The van der Waals surface area contributed by atoms with Gasteiger partial charge in [0.25, 0.3) is 0 Å². The Bertz CT molecular complexity index is 787. The predicted octanol–water partition coefficient (Wildman–Crippen LogP) is 3.94. The number of carbonyl (C=O) groups is 2. The predicted molar refractivity (Wildman–Crippen MR) is 82.6 cm³/mol. The molecular weight excluding hydrogens is 262 g/mol. The molecule has 21 heavy (non-hydrogen) atoms. The van der Waals surface area contributed by atoms with Gasteiger partial charge in [0.1, 0.15) is 0 Å². The van der Waals surface area contributed by atoms with E-state index in [4.69, 9.17) is 0 Å². The first-order valence-corrected chi connectivity index (χ1v) is 6.93. The molecule has 0 aliphatic rings. The van der Waals surface area contributed by atoms with Gasteiger partial charge < -0.3 is 0 Å². The van der Waals surface area contributed by atoms with E-state index in [2.05, 4.69) is 0 Å². The summed E-state index contributed by atoms with van der Waals surface area (Å²) in [5, 5.41) is 1.03. The highest BCUT2D eigenvalue weighted by Gasteiger charge is 2.12. The molecule has 0 fully saturated rings. The zero-order chi connectivity index (χ0) is 14.7. The molecule has 3 aromatic rings. The molecule has 0 saturated heterocycles. The minimum atomic E-state index is -0.0551. The quantitative estimate of drug-likeness (QED) is 0.677. The van der Waals surface area contributed by atoms with Crippen LogP contribution in [0.25, 0.3) is 10.9 Å². The molecule has 1 aromatic heterocycles. The maximum Gasteiger partial charge on any atom is 0.231 e. The number of Topliss-reactive ketones (excluding diaryl/α,β-unsaturated/α-hetero) is 1. The molecule has 0 atom stereocenters. The van der Waals surface area contributed by atoms with Gasteiger partial charge in [0.2, 0.25) is 5.91 Å². The Morgan fingerprint density at radius 1 is 0.810 bits per heavy atom. The van der Waals surface area contributed by atoms with Gasteiger partial charge in [0, 0.05) is 30.0 Å². The monoisotopic (exact) mass is 277 g/mol. The fourth-order valence-electron chi connectivity index (χ4n) is 2.41. The van der Waals surface area contributed by atoms with E-state index in [1.54, 1.807) is 22.9 Å². The molecule has 0 N–H and O–H groups in total. The van der Waals surface area contributed by atoms with Crippen molar-refractivity contribution in [1.82, 2.24) is 4.57 Å². The minimum absolute atomic E-state index is 0.000381. The summed E-state index contributed by atoms with van der Waals surface area (Å²) in [6, 6.07) is 18.7. The molecule has 104 valence electrons. The Labute approximate surface area is 122 Å². The van der Waals surface area contributed by atoms with Crippen LogP contribution in [-0.2, 0) is 0 Å². The van der Waals surface area contributed by atoms with Crippen LogP contribution < -0.4 is 0 Å². The second kappa shape index (κ2) is 5.75. The number of hydrogen-bond acceptors (Lipinski definition) is 2. The molecule has 0 saturated carbocycles. The van der Waals surface area contributed by atoms with Crippen LogP contribution in [0.3, 0.4) is 0 Å². The number of aromatic nitrogens is 1.